The second kappa shape index (κ2) is 8.45. The summed E-state index contributed by atoms with van der Waals surface area (Å²) in [6.45, 7) is 6.01. The molecule has 1 aromatic carbocycles. The predicted octanol–water partition coefficient (Wildman–Crippen LogP) is 3.39. The number of rotatable bonds is 8. The molecule has 4 nitrogen and oxygen atoms in total. The van der Waals surface area contributed by atoms with Crippen LogP contribution in [0, 0.1) is 11.8 Å². The largest absolute Gasteiger partial charge is 0.481 e. The number of aliphatic carboxylic acids is 1. The first-order chi connectivity index (χ1) is 9.88. The summed E-state index contributed by atoms with van der Waals surface area (Å²) in [5.41, 5.74) is 1.05. The van der Waals surface area contributed by atoms with Gasteiger partial charge in [-0.1, -0.05) is 44.2 Å². The van der Waals surface area contributed by atoms with Crippen LogP contribution in [-0.4, -0.2) is 17.0 Å². The van der Waals surface area contributed by atoms with Gasteiger partial charge in [-0.25, -0.2) is 0 Å². The van der Waals surface area contributed by atoms with Crippen LogP contribution in [0.2, 0.25) is 0 Å². The van der Waals surface area contributed by atoms with E-state index >= 15 is 0 Å². The lowest BCUT2D eigenvalue weighted by molar-refractivity contribution is -0.138. The Morgan fingerprint density at radius 1 is 1.10 bits per heavy atom. The first-order valence-corrected chi connectivity index (χ1v) is 7.44. The van der Waals surface area contributed by atoms with E-state index in [0.717, 1.165) is 12.0 Å². The van der Waals surface area contributed by atoms with Gasteiger partial charge in [-0.3, -0.25) is 9.59 Å². The predicted molar refractivity (Wildman–Crippen MR) is 82.8 cm³/mol. The van der Waals surface area contributed by atoms with Crippen molar-refractivity contribution in [1.29, 1.82) is 0 Å². The van der Waals surface area contributed by atoms with Crippen molar-refractivity contribution in [3.05, 3.63) is 35.9 Å². The average molecular weight is 291 g/mol. The van der Waals surface area contributed by atoms with Crippen LogP contribution in [0.25, 0.3) is 0 Å². The van der Waals surface area contributed by atoms with E-state index in [9.17, 15) is 9.59 Å². The molecule has 0 aliphatic rings. The van der Waals surface area contributed by atoms with E-state index in [4.69, 9.17) is 5.11 Å². The van der Waals surface area contributed by atoms with Crippen molar-refractivity contribution in [2.75, 3.05) is 0 Å². The Hall–Kier alpha value is -1.84. The number of amides is 1. The molecule has 0 aromatic heterocycles. The van der Waals surface area contributed by atoms with Gasteiger partial charge in [0.2, 0.25) is 5.91 Å². The number of hydrogen-bond acceptors (Lipinski definition) is 2. The fourth-order valence-corrected chi connectivity index (χ4v) is 2.54. The zero-order valence-corrected chi connectivity index (χ0v) is 13.0. The number of benzene rings is 1. The SMILES string of the molecule is CC(C)C[C@H](CC(=O)O)CC(=O)NC(C)c1ccccc1. The quantitative estimate of drug-likeness (QED) is 0.771. The summed E-state index contributed by atoms with van der Waals surface area (Å²) in [6.07, 6.45) is 1.06. The lowest BCUT2D eigenvalue weighted by Gasteiger charge is -2.19. The monoisotopic (exact) mass is 291 g/mol. The molecule has 2 atom stereocenters. The van der Waals surface area contributed by atoms with Gasteiger partial charge in [-0.2, -0.15) is 0 Å². The smallest absolute Gasteiger partial charge is 0.303 e. The maximum absolute atomic E-state index is 12.1. The summed E-state index contributed by atoms with van der Waals surface area (Å²) in [5, 5.41) is 11.9. The van der Waals surface area contributed by atoms with Crippen molar-refractivity contribution in [2.24, 2.45) is 11.8 Å². The maximum atomic E-state index is 12.1. The summed E-state index contributed by atoms with van der Waals surface area (Å²) >= 11 is 0. The van der Waals surface area contributed by atoms with Crippen LogP contribution < -0.4 is 5.32 Å². The van der Waals surface area contributed by atoms with Gasteiger partial charge < -0.3 is 10.4 Å². The van der Waals surface area contributed by atoms with Crippen LogP contribution in [0.15, 0.2) is 30.3 Å². The Labute approximate surface area is 126 Å². The highest BCUT2D eigenvalue weighted by molar-refractivity contribution is 5.77. The molecule has 0 aliphatic heterocycles. The highest BCUT2D eigenvalue weighted by Gasteiger charge is 2.19. The molecule has 0 fully saturated rings. The Kier molecular flexibility index (Phi) is 6.92. The van der Waals surface area contributed by atoms with Gasteiger partial charge in [0, 0.05) is 12.8 Å². The van der Waals surface area contributed by atoms with E-state index in [0.29, 0.717) is 5.92 Å². The lowest BCUT2D eigenvalue weighted by Crippen LogP contribution is -2.29. The van der Waals surface area contributed by atoms with Crippen molar-refractivity contribution >= 4 is 11.9 Å². The third-order valence-corrected chi connectivity index (χ3v) is 3.42. The molecule has 0 bridgehead atoms. The minimum absolute atomic E-state index is 0.0469. The van der Waals surface area contributed by atoms with E-state index in [1.54, 1.807) is 0 Å². The molecule has 1 unspecified atom stereocenters. The van der Waals surface area contributed by atoms with Gasteiger partial charge in [0.15, 0.2) is 0 Å². The number of carbonyl (C=O) groups is 2. The summed E-state index contributed by atoms with van der Waals surface area (Å²) in [5.74, 6) is -0.651. The average Bonchev–Trinajstić information content (AvgIpc) is 2.37. The van der Waals surface area contributed by atoms with Crippen LogP contribution in [0.3, 0.4) is 0 Å². The molecule has 116 valence electrons. The van der Waals surface area contributed by atoms with Crippen molar-refractivity contribution < 1.29 is 14.7 Å². The molecule has 1 aromatic rings. The molecular weight excluding hydrogens is 266 g/mol. The topological polar surface area (TPSA) is 66.4 Å². The number of carboxylic acid groups (broad SMARTS) is 1. The van der Waals surface area contributed by atoms with Gasteiger partial charge in [0.05, 0.1) is 6.04 Å². The second-order valence-corrected chi connectivity index (χ2v) is 6.00. The molecule has 0 aliphatic carbocycles. The van der Waals surface area contributed by atoms with Crippen LogP contribution in [0.5, 0.6) is 0 Å². The van der Waals surface area contributed by atoms with E-state index in [1.165, 1.54) is 0 Å². The minimum atomic E-state index is -0.843. The molecule has 21 heavy (non-hydrogen) atoms. The zero-order valence-electron chi connectivity index (χ0n) is 13.0. The molecule has 1 amide bonds. The summed E-state index contributed by atoms with van der Waals surface area (Å²) < 4.78 is 0. The molecule has 0 radical (unpaired) electrons. The maximum Gasteiger partial charge on any atom is 0.303 e. The van der Waals surface area contributed by atoms with E-state index in [1.807, 2.05) is 51.1 Å². The third-order valence-electron chi connectivity index (χ3n) is 3.42. The van der Waals surface area contributed by atoms with Crippen molar-refractivity contribution in [3.8, 4) is 0 Å². The minimum Gasteiger partial charge on any atom is -0.481 e. The van der Waals surface area contributed by atoms with E-state index in [-0.39, 0.29) is 30.7 Å². The van der Waals surface area contributed by atoms with Crippen molar-refractivity contribution in [3.63, 3.8) is 0 Å². The highest BCUT2D eigenvalue weighted by atomic mass is 16.4. The molecule has 4 heteroatoms. The molecule has 1 rings (SSSR count). The molecular formula is C17H25NO3. The number of nitrogens with one attached hydrogen (secondary N) is 1. The molecule has 0 saturated heterocycles. The van der Waals surface area contributed by atoms with E-state index < -0.39 is 5.97 Å². The standard InChI is InChI=1S/C17H25NO3/c1-12(2)9-14(11-17(20)21)10-16(19)18-13(3)15-7-5-4-6-8-15/h4-8,12-14H,9-11H2,1-3H3,(H,18,19)(H,20,21)/t13?,14-/m0/s1. The third kappa shape index (κ3) is 6.93. The zero-order chi connectivity index (χ0) is 15.8. The summed E-state index contributed by atoms with van der Waals surface area (Å²) in [7, 11) is 0. The van der Waals surface area contributed by atoms with Crippen molar-refractivity contribution in [2.45, 2.75) is 46.1 Å². The Morgan fingerprint density at radius 2 is 1.71 bits per heavy atom. The molecule has 0 heterocycles. The first-order valence-electron chi connectivity index (χ1n) is 7.44. The normalized spacial score (nSPS) is 13.7. The molecule has 2 N–H and O–H groups in total. The van der Waals surface area contributed by atoms with Crippen LogP contribution in [0.1, 0.15) is 51.6 Å². The summed E-state index contributed by atoms with van der Waals surface area (Å²) in [4.78, 5) is 23.0. The van der Waals surface area contributed by atoms with Gasteiger partial charge in [-0.05, 0) is 30.7 Å². The summed E-state index contributed by atoms with van der Waals surface area (Å²) in [6, 6.07) is 9.67. The number of carboxylic acids is 1. The van der Waals surface area contributed by atoms with Crippen LogP contribution in [0.4, 0.5) is 0 Å². The highest BCUT2D eigenvalue weighted by Crippen LogP contribution is 2.20. The Bertz CT molecular complexity index is 456. The molecule has 0 saturated carbocycles. The number of hydrogen-bond donors (Lipinski definition) is 2. The van der Waals surface area contributed by atoms with Crippen LogP contribution >= 0.6 is 0 Å². The van der Waals surface area contributed by atoms with Crippen LogP contribution in [-0.2, 0) is 9.59 Å². The van der Waals surface area contributed by atoms with Gasteiger partial charge in [-0.15, -0.1) is 0 Å². The fraction of sp³-hybridized carbons (Fsp3) is 0.529. The van der Waals surface area contributed by atoms with Gasteiger partial charge in [0.25, 0.3) is 0 Å². The second-order valence-electron chi connectivity index (χ2n) is 6.00. The Morgan fingerprint density at radius 3 is 2.24 bits per heavy atom. The van der Waals surface area contributed by atoms with Crippen molar-refractivity contribution in [1.82, 2.24) is 5.32 Å². The number of carbonyl (C=O) groups excluding carboxylic acids is 1. The first kappa shape index (κ1) is 17.2. The van der Waals surface area contributed by atoms with E-state index in [2.05, 4.69) is 5.32 Å². The molecule has 0 spiro atoms. The van der Waals surface area contributed by atoms with Gasteiger partial charge >= 0.3 is 5.97 Å². The fourth-order valence-electron chi connectivity index (χ4n) is 2.54. The van der Waals surface area contributed by atoms with Gasteiger partial charge in [0.1, 0.15) is 0 Å². The Balaban J connectivity index is 2.55. The lowest BCUT2D eigenvalue weighted by atomic mass is 9.91.